The van der Waals surface area contributed by atoms with Gasteiger partial charge in [-0.25, -0.2) is 0 Å². The van der Waals surface area contributed by atoms with Crippen molar-refractivity contribution < 1.29 is 14.6 Å². The summed E-state index contributed by atoms with van der Waals surface area (Å²) in [6.45, 7) is 4.29. The first kappa shape index (κ1) is 12.3. The summed E-state index contributed by atoms with van der Waals surface area (Å²) in [5.74, 6) is 1.15. The Bertz CT molecular complexity index is 193. The van der Waals surface area contributed by atoms with E-state index in [2.05, 4.69) is 6.92 Å². The summed E-state index contributed by atoms with van der Waals surface area (Å²) in [4.78, 5) is 0. The van der Waals surface area contributed by atoms with Crippen molar-refractivity contribution in [1.82, 2.24) is 0 Å². The van der Waals surface area contributed by atoms with Crippen LogP contribution >= 0.6 is 0 Å². The summed E-state index contributed by atoms with van der Waals surface area (Å²) < 4.78 is 11.1. The van der Waals surface area contributed by atoms with Gasteiger partial charge in [-0.1, -0.05) is 6.92 Å². The van der Waals surface area contributed by atoms with Crippen molar-refractivity contribution in [1.29, 1.82) is 0 Å². The molecule has 0 aromatic heterocycles. The van der Waals surface area contributed by atoms with Crippen LogP contribution in [-0.4, -0.2) is 37.1 Å². The molecule has 0 spiro atoms. The maximum absolute atomic E-state index is 9.93. The van der Waals surface area contributed by atoms with E-state index in [1.807, 2.05) is 0 Å². The lowest BCUT2D eigenvalue weighted by Crippen LogP contribution is -2.30. The van der Waals surface area contributed by atoms with Crippen molar-refractivity contribution in [2.75, 3.05) is 19.8 Å². The Balaban J connectivity index is 1.62. The van der Waals surface area contributed by atoms with Gasteiger partial charge in [0.25, 0.3) is 0 Å². The van der Waals surface area contributed by atoms with Gasteiger partial charge in [0, 0.05) is 12.5 Å². The predicted octanol–water partition coefficient (Wildman–Crippen LogP) is 1.98. The molecule has 2 atom stereocenters. The standard InChI is InChI=1S/C13H24O3/c1-10-2-4-12(5-3-10)16-9-13(14)11-6-7-15-8-11/h10-14H,2-9H2,1H3. The molecule has 2 rings (SSSR count). The average Bonchev–Trinajstić information content (AvgIpc) is 2.81. The third kappa shape index (κ3) is 3.44. The molecule has 2 fully saturated rings. The summed E-state index contributed by atoms with van der Waals surface area (Å²) >= 11 is 0. The number of aliphatic hydroxyl groups excluding tert-OH is 1. The molecule has 1 N–H and O–H groups in total. The highest BCUT2D eigenvalue weighted by Crippen LogP contribution is 2.26. The number of rotatable bonds is 4. The van der Waals surface area contributed by atoms with E-state index in [4.69, 9.17) is 9.47 Å². The second kappa shape index (κ2) is 5.99. The van der Waals surface area contributed by atoms with Gasteiger partial charge in [-0.05, 0) is 38.0 Å². The zero-order chi connectivity index (χ0) is 11.4. The molecule has 1 aliphatic heterocycles. The van der Waals surface area contributed by atoms with Gasteiger partial charge >= 0.3 is 0 Å². The van der Waals surface area contributed by atoms with E-state index in [0.717, 1.165) is 31.8 Å². The van der Waals surface area contributed by atoms with Crippen LogP contribution in [0.1, 0.15) is 39.0 Å². The molecule has 2 unspecified atom stereocenters. The van der Waals surface area contributed by atoms with Crippen molar-refractivity contribution in [3.05, 3.63) is 0 Å². The van der Waals surface area contributed by atoms with Crippen molar-refractivity contribution in [3.63, 3.8) is 0 Å². The quantitative estimate of drug-likeness (QED) is 0.799. The monoisotopic (exact) mass is 228 g/mol. The molecule has 0 aromatic rings. The van der Waals surface area contributed by atoms with Crippen molar-refractivity contribution in [3.8, 4) is 0 Å². The molecule has 1 saturated heterocycles. The predicted molar refractivity (Wildman–Crippen MR) is 62.3 cm³/mol. The summed E-state index contributed by atoms with van der Waals surface area (Å²) in [7, 11) is 0. The van der Waals surface area contributed by atoms with E-state index in [1.54, 1.807) is 0 Å². The van der Waals surface area contributed by atoms with E-state index < -0.39 is 0 Å². The van der Waals surface area contributed by atoms with Crippen molar-refractivity contribution in [2.24, 2.45) is 11.8 Å². The molecular weight excluding hydrogens is 204 g/mol. The van der Waals surface area contributed by atoms with Crippen LogP contribution in [0.3, 0.4) is 0 Å². The zero-order valence-electron chi connectivity index (χ0n) is 10.2. The Morgan fingerprint density at radius 3 is 2.62 bits per heavy atom. The van der Waals surface area contributed by atoms with Crippen LogP contribution in [0.15, 0.2) is 0 Å². The lowest BCUT2D eigenvalue weighted by molar-refractivity contribution is -0.0470. The summed E-state index contributed by atoms with van der Waals surface area (Å²) in [5.41, 5.74) is 0. The van der Waals surface area contributed by atoms with Crippen LogP contribution in [0.4, 0.5) is 0 Å². The summed E-state index contributed by atoms with van der Waals surface area (Å²) in [6.07, 6.45) is 5.90. The first-order chi connectivity index (χ1) is 7.75. The highest BCUT2D eigenvalue weighted by molar-refractivity contribution is 4.74. The molecular formula is C13H24O3. The molecule has 3 nitrogen and oxygen atoms in total. The van der Waals surface area contributed by atoms with Crippen LogP contribution in [0.2, 0.25) is 0 Å². The summed E-state index contributed by atoms with van der Waals surface area (Å²) in [5, 5.41) is 9.93. The average molecular weight is 228 g/mol. The van der Waals surface area contributed by atoms with Crippen LogP contribution in [0.25, 0.3) is 0 Å². The molecule has 0 amide bonds. The SMILES string of the molecule is CC1CCC(OCC(O)C2CCOC2)CC1. The molecule has 0 radical (unpaired) electrons. The van der Waals surface area contributed by atoms with E-state index in [0.29, 0.717) is 25.2 Å². The molecule has 0 bridgehead atoms. The normalized spacial score (nSPS) is 37.5. The molecule has 1 heterocycles. The number of hydrogen-bond donors (Lipinski definition) is 1. The second-order valence-electron chi connectivity index (χ2n) is 5.41. The van der Waals surface area contributed by atoms with E-state index >= 15 is 0 Å². The largest absolute Gasteiger partial charge is 0.390 e. The van der Waals surface area contributed by atoms with E-state index in [1.165, 1.54) is 12.8 Å². The fourth-order valence-corrected chi connectivity index (χ4v) is 2.62. The third-order valence-corrected chi connectivity index (χ3v) is 3.97. The Morgan fingerprint density at radius 2 is 2.00 bits per heavy atom. The fourth-order valence-electron chi connectivity index (χ4n) is 2.62. The second-order valence-corrected chi connectivity index (χ2v) is 5.41. The topological polar surface area (TPSA) is 38.7 Å². The molecule has 1 aliphatic carbocycles. The first-order valence-electron chi connectivity index (χ1n) is 6.63. The minimum atomic E-state index is -0.332. The van der Waals surface area contributed by atoms with Crippen molar-refractivity contribution in [2.45, 2.75) is 51.2 Å². The maximum Gasteiger partial charge on any atom is 0.0824 e. The minimum Gasteiger partial charge on any atom is -0.390 e. The highest BCUT2D eigenvalue weighted by Gasteiger charge is 2.26. The van der Waals surface area contributed by atoms with Crippen LogP contribution in [0.5, 0.6) is 0 Å². The van der Waals surface area contributed by atoms with Gasteiger partial charge in [-0.3, -0.25) is 0 Å². The highest BCUT2D eigenvalue weighted by atomic mass is 16.5. The molecule has 2 aliphatic rings. The Hall–Kier alpha value is -0.120. The molecule has 3 heteroatoms. The van der Waals surface area contributed by atoms with Gasteiger partial charge in [0.2, 0.25) is 0 Å². The van der Waals surface area contributed by atoms with Crippen LogP contribution in [0, 0.1) is 11.8 Å². The Kier molecular flexibility index (Phi) is 4.62. The van der Waals surface area contributed by atoms with Crippen molar-refractivity contribution >= 4 is 0 Å². The van der Waals surface area contributed by atoms with Crippen LogP contribution in [-0.2, 0) is 9.47 Å². The number of hydrogen-bond acceptors (Lipinski definition) is 3. The first-order valence-corrected chi connectivity index (χ1v) is 6.63. The van der Waals surface area contributed by atoms with Gasteiger partial charge in [0.05, 0.1) is 25.4 Å². The molecule has 1 saturated carbocycles. The third-order valence-electron chi connectivity index (χ3n) is 3.97. The lowest BCUT2D eigenvalue weighted by atomic mass is 9.89. The number of ether oxygens (including phenoxy) is 2. The van der Waals surface area contributed by atoms with Gasteiger partial charge in [0.15, 0.2) is 0 Å². The maximum atomic E-state index is 9.93. The Labute approximate surface area is 98.1 Å². The molecule has 16 heavy (non-hydrogen) atoms. The number of aliphatic hydroxyl groups is 1. The van der Waals surface area contributed by atoms with Crippen LogP contribution < -0.4 is 0 Å². The van der Waals surface area contributed by atoms with Gasteiger partial charge < -0.3 is 14.6 Å². The minimum absolute atomic E-state index is 0.294. The van der Waals surface area contributed by atoms with E-state index in [9.17, 15) is 5.11 Å². The lowest BCUT2D eigenvalue weighted by Gasteiger charge is -2.28. The van der Waals surface area contributed by atoms with Gasteiger partial charge in [0.1, 0.15) is 0 Å². The fraction of sp³-hybridized carbons (Fsp3) is 1.00. The van der Waals surface area contributed by atoms with Gasteiger partial charge in [-0.15, -0.1) is 0 Å². The smallest absolute Gasteiger partial charge is 0.0824 e. The molecule has 94 valence electrons. The Morgan fingerprint density at radius 1 is 1.25 bits per heavy atom. The zero-order valence-corrected chi connectivity index (χ0v) is 10.2. The van der Waals surface area contributed by atoms with Gasteiger partial charge in [-0.2, -0.15) is 0 Å². The summed E-state index contributed by atoms with van der Waals surface area (Å²) in [6, 6.07) is 0. The van der Waals surface area contributed by atoms with E-state index in [-0.39, 0.29) is 6.10 Å². The molecule has 0 aromatic carbocycles.